The van der Waals surface area contributed by atoms with Crippen LogP contribution in [0.4, 0.5) is 0 Å². The summed E-state index contributed by atoms with van der Waals surface area (Å²) >= 11 is 0. The Hall–Kier alpha value is -1.75. The average Bonchev–Trinajstić information content (AvgIpc) is 3.65. The summed E-state index contributed by atoms with van der Waals surface area (Å²) in [7, 11) is 0. The Kier molecular flexibility index (Phi) is 9.27. The molecule has 0 aromatic carbocycles. The topological polar surface area (TPSA) is 108 Å². The monoisotopic (exact) mass is 455 g/mol. The molecular weight excluding hydrogens is 418 g/mol. The maximum atomic E-state index is 12.2. The van der Waals surface area contributed by atoms with Gasteiger partial charge in [-0.05, 0) is 5.92 Å². The first-order chi connectivity index (χ1) is 15.4. The summed E-state index contributed by atoms with van der Waals surface area (Å²) in [5.74, 6) is -1.48. The molecule has 3 fully saturated rings. The number of aliphatic hydroxyl groups is 1. The van der Waals surface area contributed by atoms with E-state index in [0.29, 0.717) is 19.6 Å². The van der Waals surface area contributed by atoms with Gasteiger partial charge in [0.1, 0.15) is 19.8 Å². The van der Waals surface area contributed by atoms with Gasteiger partial charge < -0.3 is 34.0 Å². The van der Waals surface area contributed by atoms with Gasteiger partial charge in [-0.2, -0.15) is 0 Å². The van der Waals surface area contributed by atoms with E-state index in [1.54, 1.807) is 6.92 Å². The molecule has 1 atom stereocenters. The van der Waals surface area contributed by atoms with Crippen molar-refractivity contribution < 1.29 is 33.7 Å². The van der Waals surface area contributed by atoms with E-state index in [1.165, 1.54) is 0 Å². The number of rotatable bonds is 17. The highest BCUT2D eigenvalue weighted by molar-refractivity contribution is 5.71. The molecule has 0 radical (unpaired) electrons. The van der Waals surface area contributed by atoms with E-state index in [9.17, 15) is 19.5 Å². The lowest BCUT2D eigenvalue weighted by atomic mass is 9.78. The van der Waals surface area contributed by atoms with Gasteiger partial charge >= 0.3 is 17.9 Å². The van der Waals surface area contributed by atoms with Crippen molar-refractivity contribution in [1.29, 1.82) is 0 Å². The molecule has 0 aromatic heterocycles. The zero-order valence-corrected chi connectivity index (χ0v) is 19.1. The molecule has 0 aliphatic carbocycles. The number of ether oxygens (including phenoxy) is 3. The first-order valence-electron chi connectivity index (χ1n) is 11.6. The molecule has 3 aliphatic heterocycles. The third-order valence-corrected chi connectivity index (χ3v) is 6.40. The van der Waals surface area contributed by atoms with Crippen molar-refractivity contribution in [2.24, 2.45) is 11.3 Å². The third-order valence-electron chi connectivity index (χ3n) is 6.40. The van der Waals surface area contributed by atoms with Crippen molar-refractivity contribution >= 4 is 17.9 Å². The molecular formula is C22H37N3O7. The molecule has 0 bridgehead atoms. The summed E-state index contributed by atoms with van der Waals surface area (Å²) in [6.07, 6.45) is 0.818. The Balaban J connectivity index is 1.55. The maximum absolute atomic E-state index is 12.2. The molecule has 0 spiro atoms. The van der Waals surface area contributed by atoms with Crippen LogP contribution in [0.3, 0.4) is 0 Å². The highest BCUT2D eigenvalue weighted by Crippen LogP contribution is 2.30. The number of hydrogen-bond donors (Lipinski definition) is 1. The van der Waals surface area contributed by atoms with Gasteiger partial charge in [-0.25, -0.2) is 0 Å². The Morgan fingerprint density at radius 2 is 1.03 bits per heavy atom. The van der Waals surface area contributed by atoms with Crippen LogP contribution in [0.25, 0.3) is 0 Å². The minimum Gasteiger partial charge on any atom is -0.465 e. The van der Waals surface area contributed by atoms with E-state index < -0.39 is 11.3 Å². The smallest absolute Gasteiger partial charge is 0.307 e. The summed E-state index contributed by atoms with van der Waals surface area (Å²) < 4.78 is 16.5. The van der Waals surface area contributed by atoms with Crippen LogP contribution in [0.15, 0.2) is 0 Å². The second kappa shape index (κ2) is 11.9. The molecule has 1 N–H and O–H groups in total. The molecule has 0 amide bonds. The Morgan fingerprint density at radius 1 is 0.719 bits per heavy atom. The molecule has 10 heteroatoms. The molecule has 3 heterocycles. The number of carbonyl (C=O) groups is 3. The molecule has 32 heavy (non-hydrogen) atoms. The quantitative estimate of drug-likeness (QED) is 0.173. The Bertz CT molecular complexity index is 569. The van der Waals surface area contributed by atoms with Gasteiger partial charge in [-0.15, -0.1) is 0 Å². The second-order valence-corrected chi connectivity index (χ2v) is 9.20. The SMILES string of the molecule is CC(CO)C(COC(=O)CCN1CC1)(COC(=O)CCN1CC1)COC(=O)CCN1CC1. The van der Waals surface area contributed by atoms with Crippen LogP contribution in [-0.4, -0.2) is 123 Å². The first kappa shape index (κ1) is 24.9. The molecule has 1 unspecified atom stereocenters. The highest BCUT2D eigenvalue weighted by atomic mass is 16.6. The molecule has 182 valence electrons. The summed E-state index contributed by atoms with van der Waals surface area (Å²) in [5, 5.41) is 9.88. The number of hydrogen-bond acceptors (Lipinski definition) is 10. The fourth-order valence-electron chi connectivity index (χ4n) is 3.27. The van der Waals surface area contributed by atoms with Crippen LogP contribution in [0.2, 0.25) is 0 Å². The molecule has 0 saturated carbocycles. The maximum Gasteiger partial charge on any atom is 0.307 e. The van der Waals surface area contributed by atoms with E-state index >= 15 is 0 Å². The van der Waals surface area contributed by atoms with E-state index in [4.69, 9.17) is 14.2 Å². The van der Waals surface area contributed by atoms with Crippen molar-refractivity contribution in [3.05, 3.63) is 0 Å². The van der Waals surface area contributed by atoms with Gasteiger partial charge in [-0.3, -0.25) is 14.4 Å². The normalized spacial score (nSPS) is 19.3. The molecule has 0 aromatic rings. The summed E-state index contributed by atoms with van der Waals surface area (Å²) in [6.45, 7) is 9.23. The minimum atomic E-state index is -1.00. The molecule has 10 nitrogen and oxygen atoms in total. The van der Waals surface area contributed by atoms with Crippen LogP contribution in [0, 0.1) is 11.3 Å². The lowest BCUT2D eigenvalue weighted by Crippen LogP contribution is -2.46. The fourth-order valence-corrected chi connectivity index (χ4v) is 3.27. The highest BCUT2D eigenvalue weighted by Gasteiger charge is 2.41. The largest absolute Gasteiger partial charge is 0.465 e. The van der Waals surface area contributed by atoms with E-state index in [0.717, 1.165) is 39.3 Å². The zero-order valence-electron chi connectivity index (χ0n) is 19.1. The number of aliphatic hydroxyl groups excluding tert-OH is 1. The van der Waals surface area contributed by atoms with Gasteiger partial charge in [0, 0.05) is 65.5 Å². The van der Waals surface area contributed by atoms with E-state index in [-0.39, 0.29) is 63.6 Å². The van der Waals surface area contributed by atoms with Crippen molar-refractivity contribution in [1.82, 2.24) is 14.7 Å². The van der Waals surface area contributed by atoms with Gasteiger partial charge in [0.15, 0.2) is 0 Å². The third kappa shape index (κ3) is 9.01. The minimum absolute atomic E-state index is 0.0909. The van der Waals surface area contributed by atoms with Gasteiger partial charge in [-0.1, -0.05) is 6.92 Å². The first-order valence-corrected chi connectivity index (χ1v) is 11.6. The zero-order chi connectivity index (χ0) is 23.0. The van der Waals surface area contributed by atoms with Gasteiger partial charge in [0.25, 0.3) is 0 Å². The van der Waals surface area contributed by atoms with Crippen LogP contribution < -0.4 is 0 Å². The van der Waals surface area contributed by atoms with Crippen LogP contribution >= 0.6 is 0 Å². The van der Waals surface area contributed by atoms with Crippen molar-refractivity contribution in [2.45, 2.75) is 26.2 Å². The summed E-state index contributed by atoms with van der Waals surface area (Å²) in [4.78, 5) is 43.1. The van der Waals surface area contributed by atoms with Gasteiger partial charge in [0.05, 0.1) is 24.7 Å². The molecule has 3 saturated heterocycles. The lowest BCUT2D eigenvalue weighted by molar-refractivity contribution is -0.168. The van der Waals surface area contributed by atoms with Crippen LogP contribution in [-0.2, 0) is 28.6 Å². The average molecular weight is 456 g/mol. The second-order valence-electron chi connectivity index (χ2n) is 9.20. The van der Waals surface area contributed by atoms with Crippen LogP contribution in [0.5, 0.6) is 0 Å². The van der Waals surface area contributed by atoms with Gasteiger partial charge in [0.2, 0.25) is 0 Å². The fraction of sp³-hybridized carbons (Fsp3) is 0.864. The number of esters is 3. The number of nitrogens with zero attached hydrogens (tertiary/aromatic N) is 3. The van der Waals surface area contributed by atoms with Crippen LogP contribution in [0.1, 0.15) is 26.2 Å². The Morgan fingerprint density at radius 3 is 1.28 bits per heavy atom. The standard InChI is InChI=1S/C22H37N3O7/c1-18(14-26)22(15-30-19(27)2-5-23-8-9-23,16-31-20(28)3-6-24-10-11-24)17-32-21(29)4-7-25-12-13-25/h18,26H,2-17H2,1H3. The Labute approximate surface area is 189 Å². The predicted molar refractivity (Wildman–Crippen MR) is 115 cm³/mol. The summed E-state index contributed by atoms with van der Waals surface area (Å²) in [5.41, 5.74) is -1.00. The van der Waals surface area contributed by atoms with Crippen molar-refractivity contribution in [3.63, 3.8) is 0 Å². The molecule has 3 aliphatic rings. The van der Waals surface area contributed by atoms with E-state index in [2.05, 4.69) is 14.7 Å². The number of carbonyl (C=O) groups excluding carboxylic acids is 3. The van der Waals surface area contributed by atoms with E-state index in [1.807, 2.05) is 0 Å². The molecule has 3 rings (SSSR count). The summed E-state index contributed by atoms with van der Waals surface area (Å²) in [6, 6.07) is 0. The predicted octanol–water partition coefficient (Wildman–Crippen LogP) is -0.652. The van der Waals surface area contributed by atoms with Crippen molar-refractivity contribution in [2.75, 3.05) is 85.3 Å². The lowest BCUT2D eigenvalue weighted by Gasteiger charge is -2.36. The van der Waals surface area contributed by atoms with Crippen molar-refractivity contribution in [3.8, 4) is 0 Å².